The van der Waals surface area contributed by atoms with Gasteiger partial charge in [0.1, 0.15) is 0 Å². The third kappa shape index (κ3) is 2.10. The first-order valence-electron chi connectivity index (χ1n) is 4.30. The molecular weight excluding hydrogens is 182 g/mol. The van der Waals surface area contributed by atoms with E-state index in [1.54, 1.807) is 6.20 Å². The first kappa shape index (κ1) is 10.3. The summed E-state index contributed by atoms with van der Waals surface area (Å²) in [6, 6.07) is 1.98. The van der Waals surface area contributed by atoms with Crippen molar-refractivity contribution in [2.24, 2.45) is 7.05 Å². The molecule has 14 heavy (non-hydrogen) atoms. The average molecular weight is 193 g/mol. The molecule has 1 rings (SSSR count). The summed E-state index contributed by atoms with van der Waals surface area (Å²) in [5.74, 6) is 0. The van der Waals surface area contributed by atoms with Gasteiger partial charge >= 0.3 is 11.1 Å². The molecule has 0 aliphatic heterocycles. The number of nitrogens with zero attached hydrogens (tertiary/aromatic N) is 3. The molecule has 0 saturated carbocycles. The molecule has 0 N–H and O–H groups in total. The third-order valence-corrected chi connectivity index (χ3v) is 1.92. The molecule has 0 amide bonds. The van der Waals surface area contributed by atoms with Crippen LogP contribution in [0.25, 0.3) is 0 Å². The van der Waals surface area contributed by atoms with Crippen molar-refractivity contribution in [2.75, 3.05) is 0 Å². The number of nitriles is 1. The van der Waals surface area contributed by atoms with Gasteiger partial charge in [-0.05, 0) is 6.42 Å². The van der Waals surface area contributed by atoms with Crippen molar-refractivity contribution in [3.63, 3.8) is 0 Å². The van der Waals surface area contributed by atoms with Crippen LogP contribution in [0.2, 0.25) is 0 Å². The van der Waals surface area contributed by atoms with E-state index in [9.17, 15) is 9.59 Å². The van der Waals surface area contributed by atoms with E-state index in [1.165, 1.54) is 22.4 Å². The fourth-order valence-electron chi connectivity index (χ4n) is 1.09. The normalized spacial score (nSPS) is 9.71. The Balaban J connectivity index is 2.91. The van der Waals surface area contributed by atoms with Gasteiger partial charge in [0, 0.05) is 32.4 Å². The molecular formula is C9H11N3O2. The number of aryl methyl sites for hydroxylation is 2. The highest BCUT2D eigenvalue weighted by Crippen LogP contribution is 1.89. The molecule has 1 aromatic heterocycles. The zero-order valence-corrected chi connectivity index (χ0v) is 7.93. The van der Waals surface area contributed by atoms with Gasteiger partial charge in [0.25, 0.3) is 0 Å². The topological polar surface area (TPSA) is 67.8 Å². The van der Waals surface area contributed by atoms with Crippen LogP contribution >= 0.6 is 0 Å². The van der Waals surface area contributed by atoms with E-state index in [4.69, 9.17) is 5.26 Å². The van der Waals surface area contributed by atoms with Crippen LogP contribution < -0.4 is 11.1 Å². The summed E-state index contributed by atoms with van der Waals surface area (Å²) in [5.41, 5.74) is -1.07. The third-order valence-electron chi connectivity index (χ3n) is 1.92. The molecule has 1 heterocycles. The molecule has 0 aliphatic rings. The summed E-state index contributed by atoms with van der Waals surface area (Å²) in [7, 11) is 1.53. The number of hydrogen-bond donors (Lipinski definition) is 0. The SMILES string of the molecule is Cn1ccn(CCCC#N)c(=O)c1=O. The quantitative estimate of drug-likeness (QED) is 0.495. The molecule has 0 bridgehead atoms. The zero-order chi connectivity index (χ0) is 10.6. The van der Waals surface area contributed by atoms with Gasteiger partial charge in [-0.2, -0.15) is 5.26 Å². The minimum atomic E-state index is -0.538. The van der Waals surface area contributed by atoms with E-state index in [0.29, 0.717) is 19.4 Å². The lowest BCUT2D eigenvalue weighted by atomic mass is 10.3. The summed E-state index contributed by atoms with van der Waals surface area (Å²) in [6.45, 7) is 0.419. The molecule has 0 fully saturated rings. The van der Waals surface area contributed by atoms with E-state index in [2.05, 4.69) is 0 Å². The number of aromatic nitrogens is 2. The number of unbranched alkanes of at least 4 members (excludes halogenated alkanes) is 1. The molecule has 1 aromatic rings. The lowest BCUT2D eigenvalue weighted by Crippen LogP contribution is -2.39. The lowest BCUT2D eigenvalue weighted by molar-refractivity contribution is 0.607. The highest BCUT2D eigenvalue weighted by molar-refractivity contribution is 4.84. The second kappa shape index (κ2) is 4.42. The van der Waals surface area contributed by atoms with E-state index in [-0.39, 0.29) is 0 Å². The van der Waals surface area contributed by atoms with Crippen LogP contribution in [0.4, 0.5) is 0 Å². The van der Waals surface area contributed by atoms with Crippen LogP contribution in [0.1, 0.15) is 12.8 Å². The monoisotopic (exact) mass is 193 g/mol. The van der Waals surface area contributed by atoms with Gasteiger partial charge in [0.05, 0.1) is 6.07 Å². The Kier molecular flexibility index (Phi) is 3.24. The van der Waals surface area contributed by atoms with Gasteiger partial charge in [-0.25, -0.2) is 0 Å². The van der Waals surface area contributed by atoms with Gasteiger partial charge in [-0.15, -0.1) is 0 Å². The average Bonchev–Trinajstić information content (AvgIpc) is 2.18. The largest absolute Gasteiger partial charge is 0.316 e. The number of rotatable bonds is 3. The Morgan fingerprint density at radius 3 is 2.71 bits per heavy atom. The molecule has 0 saturated heterocycles. The second-order valence-electron chi connectivity index (χ2n) is 2.97. The molecule has 5 heteroatoms. The molecule has 74 valence electrons. The standard InChI is InChI=1S/C9H11N3O2/c1-11-6-7-12(5-3-2-4-10)9(14)8(11)13/h6-7H,2-3,5H2,1H3. The highest BCUT2D eigenvalue weighted by atomic mass is 16.2. The molecule has 0 spiro atoms. The molecule has 5 nitrogen and oxygen atoms in total. The Labute approximate surface area is 80.8 Å². The number of hydrogen-bond acceptors (Lipinski definition) is 3. The first-order valence-corrected chi connectivity index (χ1v) is 4.30. The van der Waals surface area contributed by atoms with E-state index < -0.39 is 11.1 Å². The predicted octanol–water partition coefficient (Wildman–Crippen LogP) is -0.149. The molecule has 0 radical (unpaired) electrons. The van der Waals surface area contributed by atoms with Crippen molar-refractivity contribution in [1.29, 1.82) is 5.26 Å². The van der Waals surface area contributed by atoms with Gasteiger partial charge in [0.2, 0.25) is 0 Å². The van der Waals surface area contributed by atoms with Gasteiger partial charge in [-0.3, -0.25) is 9.59 Å². The van der Waals surface area contributed by atoms with E-state index in [0.717, 1.165) is 0 Å². The minimum absolute atomic E-state index is 0.391. The van der Waals surface area contributed by atoms with Gasteiger partial charge in [-0.1, -0.05) is 0 Å². The molecule has 0 aliphatic carbocycles. The Morgan fingerprint density at radius 2 is 2.07 bits per heavy atom. The van der Waals surface area contributed by atoms with Crippen molar-refractivity contribution >= 4 is 0 Å². The molecule has 0 aromatic carbocycles. The molecule has 0 unspecified atom stereocenters. The van der Waals surface area contributed by atoms with Gasteiger partial charge in [0.15, 0.2) is 0 Å². The van der Waals surface area contributed by atoms with Crippen molar-refractivity contribution in [3.8, 4) is 6.07 Å². The zero-order valence-electron chi connectivity index (χ0n) is 7.93. The molecule has 0 atom stereocenters. The fourth-order valence-corrected chi connectivity index (χ4v) is 1.09. The van der Waals surface area contributed by atoms with Gasteiger partial charge < -0.3 is 9.13 Å². The summed E-state index contributed by atoms with van der Waals surface area (Å²) < 4.78 is 2.57. The van der Waals surface area contributed by atoms with Crippen molar-refractivity contribution < 1.29 is 0 Å². The van der Waals surface area contributed by atoms with Crippen LogP contribution in [0, 0.1) is 11.3 Å². The van der Waals surface area contributed by atoms with Crippen molar-refractivity contribution in [3.05, 3.63) is 33.1 Å². The van der Waals surface area contributed by atoms with Crippen molar-refractivity contribution in [2.45, 2.75) is 19.4 Å². The lowest BCUT2D eigenvalue weighted by Gasteiger charge is -2.03. The highest BCUT2D eigenvalue weighted by Gasteiger charge is 2.00. The summed E-state index contributed by atoms with van der Waals surface area (Å²) in [6.07, 6.45) is 4.07. The summed E-state index contributed by atoms with van der Waals surface area (Å²) in [4.78, 5) is 22.5. The van der Waals surface area contributed by atoms with E-state index >= 15 is 0 Å². The maximum Gasteiger partial charge on any atom is 0.316 e. The van der Waals surface area contributed by atoms with Crippen LogP contribution in [0.5, 0.6) is 0 Å². The van der Waals surface area contributed by atoms with Crippen molar-refractivity contribution in [1.82, 2.24) is 9.13 Å². The summed E-state index contributed by atoms with van der Waals surface area (Å²) in [5, 5.41) is 8.31. The second-order valence-corrected chi connectivity index (χ2v) is 2.97. The minimum Gasteiger partial charge on any atom is -0.312 e. The Bertz CT molecular complexity index is 464. The first-order chi connectivity index (χ1) is 6.66. The predicted molar refractivity (Wildman–Crippen MR) is 50.8 cm³/mol. The van der Waals surface area contributed by atoms with Crippen LogP contribution in [-0.4, -0.2) is 9.13 Å². The van der Waals surface area contributed by atoms with Crippen LogP contribution in [-0.2, 0) is 13.6 Å². The van der Waals surface area contributed by atoms with E-state index in [1.807, 2.05) is 6.07 Å². The smallest absolute Gasteiger partial charge is 0.312 e. The maximum atomic E-state index is 11.3. The Morgan fingerprint density at radius 1 is 1.36 bits per heavy atom. The Hall–Kier alpha value is -1.83. The maximum absolute atomic E-state index is 11.3. The fraction of sp³-hybridized carbons (Fsp3) is 0.444. The summed E-state index contributed by atoms with van der Waals surface area (Å²) >= 11 is 0. The van der Waals surface area contributed by atoms with Crippen LogP contribution in [0.3, 0.4) is 0 Å². The van der Waals surface area contributed by atoms with Crippen LogP contribution in [0.15, 0.2) is 22.0 Å².